The van der Waals surface area contributed by atoms with E-state index in [1.807, 2.05) is 43.3 Å². The molecule has 0 saturated heterocycles. The van der Waals surface area contributed by atoms with E-state index in [2.05, 4.69) is 5.32 Å². The zero-order valence-electron chi connectivity index (χ0n) is 10.5. The van der Waals surface area contributed by atoms with E-state index in [1.54, 1.807) is 13.8 Å². The van der Waals surface area contributed by atoms with Gasteiger partial charge in [-0.25, -0.2) is 0 Å². The predicted molar refractivity (Wildman–Crippen MR) is 67.0 cm³/mol. The van der Waals surface area contributed by atoms with E-state index in [0.717, 1.165) is 12.0 Å². The van der Waals surface area contributed by atoms with Crippen LogP contribution in [-0.2, 0) is 4.79 Å². The number of hydrogen-bond acceptors (Lipinski definition) is 2. The molecule has 90 valence electrons. The summed E-state index contributed by atoms with van der Waals surface area (Å²) < 4.78 is 0. The van der Waals surface area contributed by atoms with Gasteiger partial charge in [0, 0.05) is 0 Å². The Labute approximate surface area is 102 Å². The van der Waals surface area contributed by atoms with Crippen molar-refractivity contribution in [2.45, 2.75) is 33.2 Å². The first kappa shape index (κ1) is 13.2. The molecule has 0 aliphatic rings. The highest BCUT2D eigenvalue weighted by atomic mass is 16.2. The van der Waals surface area contributed by atoms with Crippen LogP contribution in [0.4, 0.5) is 0 Å². The molecule has 1 N–H and O–H groups in total. The molecular weight excluding hydrogens is 212 g/mol. The van der Waals surface area contributed by atoms with E-state index >= 15 is 0 Å². The van der Waals surface area contributed by atoms with E-state index in [1.165, 1.54) is 0 Å². The minimum atomic E-state index is -0.984. The molecule has 0 spiro atoms. The smallest absolute Gasteiger partial charge is 0.240 e. The number of amides is 1. The Morgan fingerprint density at radius 1 is 1.41 bits per heavy atom. The summed E-state index contributed by atoms with van der Waals surface area (Å²) in [5.74, 6) is -0.226. The van der Waals surface area contributed by atoms with Crippen LogP contribution >= 0.6 is 0 Å². The Hall–Kier alpha value is -1.82. The molecule has 0 bridgehead atoms. The maximum atomic E-state index is 11.9. The molecule has 1 aromatic carbocycles. The number of benzene rings is 1. The Balaban J connectivity index is 2.80. The third-order valence-corrected chi connectivity index (χ3v) is 2.76. The van der Waals surface area contributed by atoms with Crippen LogP contribution in [0.1, 0.15) is 38.8 Å². The van der Waals surface area contributed by atoms with Gasteiger partial charge < -0.3 is 5.32 Å². The van der Waals surface area contributed by atoms with Crippen molar-refractivity contribution in [1.29, 1.82) is 5.26 Å². The number of hydrogen-bond donors (Lipinski definition) is 1. The third-order valence-electron chi connectivity index (χ3n) is 2.76. The molecule has 0 heterocycles. The summed E-state index contributed by atoms with van der Waals surface area (Å²) in [5.41, 5.74) is 0.0828. The van der Waals surface area contributed by atoms with Crippen molar-refractivity contribution in [3.63, 3.8) is 0 Å². The highest BCUT2D eigenvalue weighted by Gasteiger charge is 2.28. The molecule has 1 amide bonds. The van der Waals surface area contributed by atoms with Crippen molar-refractivity contribution in [2.75, 3.05) is 0 Å². The summed E-state index contributed by atoms with van der Waals surface area (Å²) in [4.78, 5) is 11.9. The second-order valence-electron chi connectivity index (χ2n) is 4.58. The average molecular weight is 230 g/mol. The molecule has 0 fully saturated rings. The minimum Gasteiger partial charge on any atom is -0.348 e. The van der Waals surface area contributed by atoms with Crippen LogP contribution in [-0.4, -0.2) is 5.91 Å². The molecule has 0 aromatic heterocycles. The van der Waals surface area contributed by atoms with E-state index in [-0.39, 0.29) is 11.9 Å². The molecular formula is C14H18N2O. The van der Waals surface area contributed by atoms with Crippen molar-refractivity contribution < 1.29 is 4.79 Å². The van der Waals surface area contributed by atoms with Gasteiger partial charge in [-0.05, 0) is 25.8 Å². The Morgan fingerprint density at radius 3 is 2.47 bits per heavy atom. The lowest BCUT2D eigenvalue weighted by Crippen LogP contribution is -2.38. The van der Waals surface area contributed by atoms with Gasteiger partial charge in [0.05, 0.1) is 12.1 Å². The molecule has 0 aliphatic carbocycles. The van der Waals surface area contributed by atoms with Crippen LogP contribution in [0.15, 0.2) is 30.3 Å². The van der Waals surface area contributed by atoms with Crippen LogP contribution < -0.4 is 5.32 Å². The summed E-state index contributed by atoms with van der Waals surface area (Å²) in [6.45, 7) is 5.26. The fraction of sp³-hybridized carbons (Fsp3) is 0.429. The van der Waals surface area contributed by atoms with Gasteiger partial charge in [-0.1, -0.05) is 37.3 Å². The van der Waals surface area contributed by atoms with E-state index in [4.69, 9.17) is 5.26 Å². The standard InChI is InChI=1S/C14H18N2O/c1-4-12(11-8-6-5-7-9-11)16-13(17)14(2,3)10-15/h5-9,12H,4H2,1-3H3,(H,16,17). The third kappa shape index (κ3) is 3.32. The van der Waals surface area contributed by atoms with Crippen molar-refractivity contribution in [3.8, 4) is 6.07 Å². The number of rotatable bonds is 4. The first-order valence-corrected chi connectivity index (χ1v) is 5.78. The highest BCUT2D eigenvalue weighted by molar-refractivity contribution is 5.84. The maximum absolute atomic E-state index is 11.9. The van der Waals surface area contributed by atoms with Gasteiger partial charge in [0.2, 0.25) is 5.91 Å². The highest BCUT2D eigenvalue weighted by Crippen LogP contribution is 2.20. The number of carbonyl (C=O) groups is 1. The van der Waals surface area contributed by atoms with Crippen LogP contribution in [0.2, 0.25) is 0 Å². The number of nitrogens with zero attached hydrogens (tertiary/aromatic N) is 1. The molecule has 3 heteroatoms. The molecule has 1 atom stereocenters. The molecule has 1 aromatic rings. The van der Waals surface area contributed by atoms with Crippen molar-refractivity contribution >= 4 is 5.91 Å². The Kier molecular flexibility index (Phi) is 4.28. The van der Waals surface area contributed by atoms with Crippen molar-refractivity contribution in [2.24, 2.45) is 5.41 Å². The topological polar surface area (TPSA) is 52.9 Å². The van der Waals surface area contributed by atoms with Gasteiger partial charge in [0.1, 0.15) is 5.41 Å². The number of nitrogens with one attached hydrogen (secondary N) is 1. The number of carbonyl (C=O) groups excluding carboxylic acids is 1. The minimum absolute atomic E-state index is 0.0312. The SMILES string of the molecule is CCC(NC(=O)C(C)(C)C#N)c1ccccc1. The molecule has 17 heavy (non-hydrogen) atoms. The zero-order valence-corrected chi connectivity index (χ0v) is 10.5. The van der Waals surface area contributed by atoms with Crippen LogP contribution in [0, 0.1) is 16.7 Å². The summed E-state index contributed by atoms with van der Waals surface area (Å²) in [5, 5.41) is 11.8. The summed E-state index contributed by atoms with van der Waals surface area (Å²) in [6.07, 6.45) is 0.803. The summed E-state index contributed by atoms with van der Waals surface area (Å²) >= 11 is 0. The molecule has 0 radical (unpaired) electrons. The quantitative estimate of drug-likeness (QED) is 0.864. The number of nitriles is 1. The van der Waals surface area contributed by atoms with Gasteiger partial charge in [-0.2, -0.15) is 5.26 Å². The van der Waals surface area contributed by atoms with Gasteiger partial charge >= 0.3 is 0 Å². The lowest BCUT2D eigenvalue weighted by Gasteiger charge is -2.22. The van der Waals surface area contributed by atoms with Gasteiger partial charge in [0.25, 0.3) is 0 Å². The Morgan fingerprint density at radius 2 is 2.00 bits per heavy atom. The van der Waals surface area contributed by atoms with E-state index in [0.29, 0.717) is 0 Å². The normalized spacial score (nSPS) is 12.6. The van der Waals surface area contributed by atoms with Crippen molar-refractivity contribution in [1.82, 2.24) is 5.32 Å². The van der Waals surface area contributed by atoms with E-state index < -0.39 is 5.41 Å². The fourth-order valence-electron chi connectivity index (χ4n) is 1.50. The largest absolute Gasteiger partial charge is 0.348 e. The monoisotopic (exact) mass is 230 g/mol. The maximum Gasteiger partial charge on any atom is 0.240 e. The van der Waals surface area contributed by atoms with Crippen LogP contribution in [0.5, 0.6) is 0 Å². The second-order valence-corrected chi connectivity index (χ2v) is 4.58. The van der Waals surface area contributed by atoms with Crippen molar-refractivity contribution in [3.05, 3.63) is 35.9 Å². The molecule has 1 rings (SSSR count). The molecule has 1 unspecified atom stereocenters. The molecule has 3 nitrogen and oxygen atoms in total. The lowest BCUT2D eigenvalue weighted by molar-refractivity contribution is -0.127. The van der Waals surface area contributed by atoms with Gasteiger partial charge in [-0.3, -0.25) is 4.79 Å². The molecule has 0 saturated carbocycles. The van der Waals surface area contributed by atoms with Crippen LogP contribution in [0.25, 0.3) is 0 Å². The summed E-state index contributed by atoms with van der Waals surface area (Å²) in [6, 6.07) is 11.8. The first-order valence-electron chi connectivity index (χ1n) is 5.78. The Bertz CT molecular complexity index is 418. The average Bonchev–Trinajstić information content (AvgIpc) is 2.36. The summed E-state index contributed by atoms with van der Waals surface area (Å²) in [7, 11) is 0. The van der Waals surface area contributed by atoms with Crippen LogP contribution in [0.3, 0.4) is 0 Å². The lowest BCUT2D eigenvalue weighted by atomic mass is 9.93. The predicted octanol–water partition coefficient (Wildman–Crippen LogP) is 2.80. The second kappa shape index (κ2) is 5.49. The van der Waals surface area contributed by atoms with Gasteiger partial charge in [0.15, 0.2) is 0 Å². The molecule has 0 aliphatic heterocycles. The first-order chi connectivity index (χ1) is 8.01. The van der Waals surface area contributed by atoms with E-state index in [9.17, 15) is 4.79 Å². The fourth-order valence-corrected chi connectivity index (χ4v) is 1.50. The zero-order chi connectivity index (χ0) is 12.9. The van der Waals surface area contributed by atoms with Gasteiger partial charge in [-0.15, -0.1) is 0 Å².